The van der Waals surface area contributed by atoms with Crippen LogP contribution in [-0.2, 0) is 11.3 Å². The molecule has 1 heterocycles. The van der Waals surface area contributed by atoms with Crippen molar-refractivity contribution in [1.82, 2.24) is 5.32 Å². The van der Waals surface area contributed by atoms with Crippen LogP contribution < -0.4 is 5.32 Å². The fraction of sp³-hybridized carbons (Fsp3) is 0.500. The van der Waals surface area contributed by atoms with Crippen molar-refractivity contribution in [3.8, 4) is 0 Å². The predicted molar refractivity (Wildman–Crippen MR) is 51.8 cm³/mol. The van der Waals surface area contributed by atoms with Crippen molar-refractivity contribution in [3.05, 3.63) is 24.2 Å². The first-order valence-electron chi connectivity index (χ1n) is 4.60. The Kier molecular flexibility index (Phi) is 3.71. The molecule has 1 aromatic rings. The molecule has 2 unspecified atom stereocenters. The Bertz CT molecular complexity index is 282. The molecule has 0 aromatic carbocycles. The smallest absolute Gasteiger partial charge is 0.307 e. The van der Waals surface area contributed by atoms with E-state index in [1.54, 1.807) is 13.2 Å². The van der Waals surface area contributed by atoms with Crippen LogP contribution in [0.5, 0.6) is 0 Å². The lowest BCUT2D eigenvalue weighted by molar-refractivity contribution is -0.141. The van der Waals surface area contributed by atoms with E-state index < -0.39 is 11.9 Å². The Morgan fingerprint density at radius 2 is 2.36 bits per heavy atom. The fourth-order valence-electron chi connectivity index (χ4n) is 1.07. The van der Waals surface area contributed by atoms with Crippen molar-refractivity contribution in [2.24, 2.45) is 5.92 Å². The molecule has 14 heavy (non-hydrogen) atoms. The number of carbonyl (C=O) groups is 1. The first-order valence-corrected chi connectivity index (χ1v) is 4.60. The Balaban J connectivity index is 2.34. The van der Waals surface area contributed by atoms with Gasteiger partial charge in [-0.1, -0.05) is 6.92 Å². The second-order valence-electron chi connectivity index (χ2n) is 3.38. The Morgan fingerprint density at radius 3 is 2.86 bits per heavy atom. The van der Waals surface area contributed by atoms with Gasteiger partial charge in [0.15, 0.2) is 0 Å². The van der Waals surface area contributed by atoms with E-state index in [1.807, 2.05) is 19.1 Å². The van der Waals surface area contributed by atoms with Crippen LogP contribution in [0.1, 0.15) is 19.6 Å². The summed E-state index contributed by atoms with van der Waals surface area (Å²) in [5.74, 6) is -0.371. The lowest BCUT2D eigenvalue weighted by atomic mass is 10.0. The molecule has 0 saturated carbocycles. The monoisotopic (exact) mass is 197 g/mol. The third kappa shape index (κ3) is 2.88. The molecule has 1 aromatic heterocycles. The first kappa shape index (κ1) is 10.8. The average Bonchev–Trinajstić information content (AvgIpc) is 2.65. The second kappa shape index (κ2) is 4.81. The number of hydrogen-bond acceptors (Lipinski definition) is 3. The molecule has 0 amide bonds. The summed E-state index contributed by atoms with van der Waals surface area (Å²) >= 11 is 0. The maximum absolute atomic E-state index is 10.6. The van der Waals surface area contributed by atoms with E-state index in [2.05, 4.69) is 5.32 Å². The maximum atomic E-state index is 10.6. The van der Waals surface area contributed by atoms with Gasteiger partial charge >= 0.3 is 5.97 Å². The zero-order valence-corrected chi connectivity index (χ0v) is 8.36. The first-order chi connectivity index (χ1) is 6.61. The number of furan rings is 1. The number of rotatable bonds is 5. The van der Waals surface area contributed by atoms with Gasteiger partial charge in [-0.15, -0.1) is 0 Å². The topological polar surface area (TPSA) is 62.5 Å². The molecule has 78 valence electrons. The van der Waals surface area contributed by atoms with E-state index in [9.17, 15) is 4.79 Å². The largest absolute Gasteiger partial charge is 0.481 e. The highest BCUT2D eigenvalue weighted by Crippen LogP contribution is 2.05. The highest BCUT2D eigenvalue weighted by molar-refractivity contribution is 5.70. The second-order valence-corrected chi connectivity index (χ2v) is 3.38. The minimum Gasteiger partial charge on any atom is -0.481 e. The molecule has 0 fully saturated rings. The Labute approximate surface area is 82.9 Å². The van der Waals surface area contributed by atoms with Crippen LogP contribution in [-0.4, -0.2) is 17.1 Å². The van der Waals surface area contributed by atoms with Crippen molar-refractivity contribution in [2.75, 3.05) is 0 Å². The molecule has 0 bridgehead atoms. The van der Waals surface area contributed by atoms with Crippen LogP contribution in [0.2, 0.25) is 0 Å². The third-order valence-electron chi connectivity index (χ3n) is 2.32. The summed E-state index contributed by atoms with van der Waals surface area (Å²) in [6.45, 7) is 4.09. The van der Waals surface area contributed by atoms with Gasteiger partial charge in [-0.2, -0.15) is 0 Å². The van der Waals surface area contributed by atoms with Crippen molar-refractivity contribution in [3.63, 3.8) is 0 Å². The van der Waals surface area contributed by atoms with Crippen molar-refractivity contribution in [1.29, 1.82) is 0 Å². The molecule has 0 saturated heterocycles. The normalized spacial score (nSPS) is 15.0. The van der Waals surface area contributed by atoms with Gasteiger partial charge in [-0.25, -0.2) is 0 Å². The molecule has 0 spiro atoms. The highest BCUT2D eigenvalue weighted by atomic mass is 16.4. The lowest BCUT2D eigenvalue weighted by Gasteiger charge is -2.16. The molecule has 2 N–H and O–H groups in total. The quantitative estimate of drug-likeness (QED) is 0.750. The molecular formula is C10H15NO3. The number of carboxylic acids is 1. The van der Waals surface area contributed by atoms with Gasteiger partial charge in [0.05, 0.1) is 18.7 Å². The average molecular weight is 197 g/mol. The summed E-state index contributed by atoms with van der Waals surface area (Å²) in [4.78, 5) is 10.6. The maximum Gasteiger partial charge on any atom is 0.307 e. The molecule has 0 aliphatic heterocycles. The van der Waals surface area contributed by atoms with Gasteiger partial charge < -0.3 is 14.8 Å². The fourth-order valence-corrected chi connectivity index (χ4v) is 1.07. The van der Waals surface area contributed by atoms with Crippen molar-refractivity contribution < 1.29 is 14.3 Å². The number of nitrogens with one attached hydrogen (secondary N) is 1. The van der Waals surface area contributed by atoms with Crippen LogP contribution in [0.3, 0.4) is 0 Å². The van der Waals surface area contributed by atoms with Crippen LogP contribution in [0.4, 0.5) is 0 Å². The minimum atomic E-state index is -0.788. The molecular weight excluding hydrogens is 182 g/mol. The summed E-state index contributed by atoms with van der Waals surface area (Å²) in [5.41, 5.74) is 0. The van der Waals surface area contributed by atoms with Gasteiger partial charge in [0, 0.05) is 6.04 Å². The summed E-state index contributed by atoms with van der Waals surface area (Å²) in [6.07, 6.45) is 1.60. The van der Waals surface area contributed by atoms with Crippen LogP contribution >= 0.6 is 0 Å². The van der Waals surface area contributed by atoms with Gasteiger partial charge in [0.1, 0.15) is 5.76 Å². The van der Waals surface area contributed by atoms with E-state index in [4.69, 9.17) is 9.52 Å². The number of hydrogen-bond donors (Lipinski definition) is 2. The van der Waals surface area contributed by atoms with E-state index in [-0.39, 0.29) is 6.04 Å². The zero-order chi connectivity index (χ0) is 10.6. The van der Waals surface area contributed by atoms with Crippen molar-refractivity contribution >= 4 is 5.97 Å². The van der Waals surface area contributed by atoms with Gasteiger partial charge in [0.25, 0.3) is 0 Å². The van der Waals surface area contributed by atoms with E-state index >= 15 is 0 Å². The molecule has 0 aliphatic carbocycles. The lowest BCUT2D eigenvalue weighted by Crippen LogP contribution is -2.35. The summed E-state index contributed by atoms with van der Waals surface area (Å²) in [6, 6.07) is 3.59. The van der Waals surface area contributed by atoms with Gasteiger partial charge in [-0.3, -0.25) is 4.79 Å². The van der Waals surface area contributed by atoms with E-state index in [0.717, 1.165) is 5.76 Å². The summed E-state index contributed by atoms with van der Waals surface area (Å²) in [5, 5.41) is 11.8. The SMILES string of the molecule is CC(NCc1ccco1)C(C)C(=O)O. The van der Waals surface area contributed by atoms with Crippen LogP contribution in [0.15, 0.2) is 22.8 Å². The van der Waals surface area contributed by atoms with Crippen LogP contribution in [0, 0.1) is 5.92 Å². The Hall–Kier alpha value is -1.29. The molecule has 0 radical (unpaired) electrons. The standard InChI is InChI=1S/C10H15NO3/c1-7(10(12)13)8(2)11-6-9-4-3-5-14-9/h3-5,7-8,11H,6H2,1-2H3,(H,12,13). The minimum absolute atomic E-state index is 0.0717. The van der Waals surface area contributed by atoms with E-state index in [1.165, 1.54) is 0 Å². The zero-order valence-electron chi connectivity index (χ0n) is 8.36. The highest BCUT2D eigenvalue weighted by Gasteiger charge is 2.18. The summed E-state index contributed by atoms with van der Waals surface area (Å²) < 4.78 is 5.11. The van der Waals surface area contributed by atoms with Crippen molar-refractivity contribution in [2.45, 2.75) is 26.4 Å². The molecule has 1 rings (SSSR count). The molecule has 4 heteroatoms. The third-order valence-corrected chi connectivity index (χ3v) is 2.32. The predicted octanol–water partition coefficient (Wildman–Crippen LogP) is 1.48. The molecule has 0 aliphatic rings. The number of carboxylic acid groups (broad SMARTS) is 1. The summed E-state index contributed by atoms with van der Waals surface area (Å²) in [7, 11) is 0. The molecule has 4 nitrogen and oxygen atoms in total. The van der Waals surface area contributed by atoms with Gasteiger partial charge in [0.2, 0.25) is 0 Å². The van der Waals surface area contributed by atoms with Crippen LogP contribution in [0.25, 0.3) is 0 Å². The number of aliphatic carboxylic acids is 1. The molecule has 2 atom stereocenters. The Morgan fingerprint density at radius 1 is 1.64 bits per heavy atom. The van der Waals surface area contributed by atoms with Gasteiger partial charge in [-0.05, 0) is 19.1 Å². The van der Waals surface area contributed by atoms with E-state index in [0.29, 0.717) is 6.54 Å².